The number of halogens is 1. The number of likely N-dealkylation sites (tertiary alicyclic amines) is 1. The molecule has 1 N–H and O–H groups in total. The molecule has 1 aliphatic rings. The highest BCUT2D eigenvalue weighted by molar-refractivity contribution is 9.10. The first-order valence-corrected chi connectivity index (χ1v) is 8.01. The molecule has 0 saturated carbocycles. The molecular weight excluding hydrogens is 304 g/mol. The fourth-order valence-electron chi connectivity index (χ4n) is 2.76. The van der Waals surface area contributed by atoms with E-state index in [9.17, 15) is 0 Å². The number of piperidine rings is 1. The lowest BCUT2D eigenvalue weighted by Gasteiger charge is -2.32. The van der Waals surface area contributed by atoms with Gasteiger partial charge in [0.2, 0.25) is 0 Å². The molecule has 0 amide bonds. The van der Waals surface area contributed by atoms with Gasteiger partial charge < -0.3 is 5.32 Å². The van der Waals surface area contributed by atoms with Gasteiger partial charge in [-0.2, -0.15) is 5.10 Å². The van der Waals surface area contributed by atoms with E-state index in [1.807, 2.05) is 18.7 Å². The van der Waals surface area contributed by atoms with Crippen molar-refractivity contribution in [2.45, 2.75) is 45.7 Å². The molecule has 0 radical (unpaired) electrons. The Morgan fingerprint density at radius 2 is 2.00 bits per heavy atom. The van der Waals surface area contributed by atoms with Crippen molar-refractivity contribution in [3.63, 3.8) is 0 Å². The molecule has 1 fully saturated rings. The van der Waals surface area contributed by atoms with Crippen molar-refractivity contribution in [3.8, 4) is 0 Å². The summed E-state index contributed by atoms with van der Waals surface area (Å²) in [4.78, 5) is 2.60. The maximum Gasteiger partial charge on any atom is 0.0739 e. The minimum Gasteiger partial charge on any atom is -0.310 e. The van der Waals surface area contributed by atoms with Crippen LogP contribution in [0.5, 0.6) is 0 Å². The van der Waals surface area contributed by atoms with E-state index in [0.717, 1.165) is 23.3 Å². The topological polar surface area (TPSA) is 33.1 Å². The average Bonchev–Trinajstić information content (AvgIpc) is 2.66. The normalized spacial score (nSPS) is 18.7. The van der Waals surface area contributed by atoms with Crippen LogP contribution in [0.15, 0.2) is 4.47 Å². The number of aromatic nitrogens is 2. The summed E-state index contributed by atoms with van der Waals surface area (Å²) in [6.45, 7) is 8.79. The highest BCUT2D eigenvalue weighted by atomic mass is 79.9. The second-order valence-electron chi connectivity index (χ2n) is 5.55. The summed E-state index contributed by atoms with van der Waals surface area (Å²) in [6, 6.07) is 0.619. The first-order chi connectivity index (χ1) is 9.09. The van der Waals surface area contributed by atoms with Crippen LogP contribution in [-0.2, 0) is 13.6 Å². The zero-order chi connectivity index (χ0) is 13.8. The molecular formula is C14H25BrN4. The fourth-order valence-corrected chi connectivity index (χ4v) is 3.24. The number of hydrogen-bond acceptors (Lipinski definition) is 3. The molecule has 1 atom stereocenters. The third kappa shape index (κ3) is 3.80. The number of nitrogens with one attached hydrogen (secondary N) is 1. The van der Waals surface area contributed by atoms with E-state index in [1.165, 1.54) is 38.0 Å². The molecule has 0 aliphatic carbocycles. The number of nitrogens with zero attached hydrogens (tertiary/aromatic N) is 3. The Hall–Kier alpha value is -0.390. The molecule has 2 rings (SSSR count). The van der Waals surface area contributed by atoms with Crippen LogP contribution in [0.2, 0.25) is 0 Å². The van der Waals surface area contributed by atoms with Gasteiger partial charge in [-0.1, -0.05) is 6.42 Å². The number of hydrogen-bond donors (Lipinski definition) is 1. The monoisotopic (exact) mass is 328 g/mol. The highest BCUT2D eigenvalue weighted by Crippen LogP contribution is 2.20. The third-order valence-corrected chi connectivity index (χ3v) is 5.04. The van der Waals surface area contributed by atoms with E-state index < -0.39 is 0 Å². The fraction of sp³-hybridized carbons (Fsp3) is 0.786. The van der Waals surface area contributed by atoms with Crippen molar-refractivity contribution in [2.24, 2.45) is 7.05 Å². The van der Waals surface area contributed by atoms with Crippen LogP contribution in [0, 0.1) is 6.92 Å². The second-order valence-corrected chi connectivity index (χ2v) is 6.34. The van der Waals surface area contributed by atoms with E-state index in [-0.39, 0.29) is 0 Å². The third-order valence-electron chi connectivity index (χ3n) is 4.01. The van der Waals surface area contributed by atoms with Crippen LogP contribution >= 0.6 is 15.9 Å². The Bertz CT molecular complexity index is 410. The number of aryl methyl sites for hydroxylation is 2. The molecule has 2 heterocycles. The molecule has 1 aromatic heterocycles. The Kier molecular flexibility index (Phi) is 5.42. The first-order valence-electron chi connectivity index (χ1n) is 7.22. The molecule has 19 heavy (non-hydrogen) atoms. The molecule has 5 heteroatoms. The molecule has 0 aromatic carbocycles. The van der Waals surface area contributed by atoms with Crippen LogP contribution < -0.4 is 5.32 Å². The lowest BCUT2D eigenvalue weighted by Crippen LogP contribution is -2.43. The Morgan fingerprint density at radius 1 is 1.32 bits per heavy atom. The Balaban J connectivity index is 1.79. The lowest BCUT2D eigenvalue weighted by molar-refractivity contribution is 0.170. The van der Waals surface area contributed by atoms with Gasteiger partial charge in [-0.25, -0.2) is 0 Å². The molecule has 108 valence electrons. The Morgan fingerprint density at radius 3 is 2.58 bits per heavy atom. The molecule has 0 spiro atoms. The van der Waals surface area contributed by atoms with Crippen molar-refractivity contribution in [1.82, 2.24) is 20.0 Å². The molecule has 1 aliphatic heterocycles. The molecule has 0 bridgehead atoms. The van der Waals surface area contributed by atoms with Crippen molar-refractivity contribution in [3.05, 3.63) is 15.9 Å². The summed E-state index contributed by atoms with van der Waals surface area (Å²) in [7, 11) is 2.00. The van der Waals surface area contributed by atoms with Crippen LogP contribution in [0.4, 0.5) is 0 Å². The molecule has 1 aromatic rings. The highest BCUT2D eigenvalue weighted by Gasteiger charge is 2.16. The summed E-state index contributed by atoms with van der Waals surface area (Å²) < 4.78 is 3.09. The standard InChI is InChI=1S/C14H25BrN4/c1-11(19-7-5-4-6-8-19)9-16-10-13-14(15)12(2)17-18(13)3/h11,16H,4-10H2,1-3H3. The molecule has 1 unspecified atom stereocenters. The zero-order valence-corrected chi connectivity index (χ0v) is 13.8. The SMILES string of the molecule is Cc1nn(C)c(CNCC(C)N2CCCCC2)c1Br. The predicted molar refractivity (Wildman–Crippen MR) is 82.2 cm³/mol. The summed E-state index contributed by atoms with van der Waals surface area (Å²) in [5.74, 6) is 0. The maximum absolute atomic E-state index is 4.42. The summed E-state index contributed by atoms with van der Waals surface area (Å²) >= 11 is 3.61. The van der Waals surface area contributed by atoms with Gasteiger partial charge in [0.05, 0.1) is 15.9 Å². The van der Waals surface area contributed by atoms with Crippen molar-refractivity contribution in [1.29, 1.82) is 0 Å². The average molecular weight is 329 g/mol. The minimum atomic E-state index is 0.619. The predicted octanol–water partition coefficient (Wildman–Crippen LogP) is 2.46. The maximum atomic E-state index is 4.42. The largest absolute Gasteiger partial charge is 0.310 e. The minimum absolute atomic E-state index is 0.619. The van der Waals surface area contributed by atoms with Crippen LogP contribution in [0.1, 0.15) is 37.6 Å². The van der Waals surface area contributed by atoms with Crippen molar-refractivity contribution >= 4 is 15.9 Å². The van der Waals surface area contributed by atoms with Gasteiger partial charge in [0, 0.05) is 26.2 Å². The van der Waals surface area contributed by atoms with Crippen LogP contribution in [-0.4, -0.2) is 40.4 Å². The van der Waals surface area contributed by atoms with Gasteiger partial charge in [-0.05, 0) is 55.7 Å². The molecule has 1 saturated heterocycles. The first kappa shape index (κ1) is 15.0. The van der Waals surface area contributed by atoms with Crippen LogP contribution in [0.25, 0.3) is 0 Å². The molecule has 4 nitrogen and oxygen atoms in total. The van der Waals surface area contributed by atoms with Crippen molar-refractivity contribution < 1.29 is 0 Å². The van der Waals surface area contributed by atoms with E-state index in [2.05, 4.69) is 38.2 Å². The lowest BCUT2D eigenvalue weighted by atomic mass is 10.1. The van der Waals surface area contributed by atoms with Gasteiger partial charge in [-0.3, -0.25) is 9.58 Å². The van der Waals surface area contributed by atoms with Gasteiger partial charge in [-0.15, -0.1) is 0 Å². The summed E-state index contributed by atoms with van der Waals surface area (Å²) in [6.07, 6.45) is 4.12. The van der Waals surface area contributed by atoms with E-state index in [4.69, 9.17) is 0 Å². The smallest absolute Gasteiger partial charge is 0.0739 e. The van der Waals surface area contributed by atoms with Crippen LogP contribution in [0.3, 0.4) is 0 Å². The zero-order valence-electron chi connectivity index (χ0n) is 12.2. The Labute approximate surface area is 124 Å². The second kappa shape index (κ2) is 6.86. The van der Waals surface area contributed by atoms with Gasteiger partial charge >= 0.3 is 0 Å². The quantitative estimate of drug-likeness (QED) is 0.901. The summed E-state index contributed by atoms with van der Waals surface area (Å²) in [5.41, 5.74) is 2.28. The summed E-state index contributed by atoms with van der Waals surface area (Å²) in [5, 5.41) is 7.98. The van der Waals surface area contributed by atoms with Crippen molar-refractivity contribution in [2.75, 3.05) is 19.6 Å². The van der Waals surface area contributed by atoms with Gasteiger partial charge in [0.1, 0.15) is 0 Å². The number of rotatable bonds is 5. The van der Waals surface area contributed by atoms with E-state index in [0.29, 0.717) is 6.04 Å². The van der Waals surface area contributed by atoms with E-state index >= 15 is 0 Å². The van der Waals surface area contributed by atoms with Gasteiger partial charge in [0.15, 0.2) is 0 Å². The van der Waals surface area contributed by atoms with Gasteiger partial charge in [0.25, 0.3) is 0 Å². The van der Waals surface area contributed by atoms with E-state index in [1.54, 1.807) is 0 Å².